The van der Waals surface area contributed by atoms with Gasteiger partial charge in [-0.1, -0.05) is 0 Å². The van der Waals surface area contributed by atoms with Crippen LogP contribution >= 0.6 is 0 Å². The van der Waals surface area contributed by atoms with Gasteiger partial charge in [-0.3, -0.25) is 14.2 Å². The zero-order chi connectivity index (χ0) is 33.7. The molecular formula is C28H29N10NaO9. The number of carbonyl (C=O) groups excluding carboxylic acids is 2. The van der Waals surface area contributed by atoms with E-state index in [0.29, 0.717) is 11.4 Å². The van der Waals surface area contributed by atoms with Crippen molar-refractivity contribution in [1.29, 1.82) is 0 Å². The minimum Gasteiger partial charge on any atom is -0.857 e. The number of benzene rings is 1. The molecule has 0 aliphatic carbocycles. The van der Waals surface area contributed by atoms with E-state index in [1.807, 2.05) is 0 Å². The molecule has 1 aliphatic rings. The Kier molecular flexibility index (Phi) is 11.9. The third-order valence-corrected chi connectivity index (χ3v) is 7.12. The Balaban J connectivity index is 0.00000520. The molecule has 48 heavy (non-hydrogen) atoms. The number of nitrogen functional groups attached to an aromatic ring is 1. The molecule has 0 unspecified atom stereocenters. The number of hydrogen-bond acceptors (Lipinski definition) is 15. The molecular weight excluding hydrogens is 643 g/mol. The van der Waals surface area contributed by atoms with E-state index in [1.165, 1.54) is 30.6 Å². The quantitative estimate of drug-likeness (QED) is 0.0698. The molecule has 1 aromatic carbocycles. The first-order chi connectivity index (χ1) is 22.5. The van der Waals surface area contributed by atoms with Crippen LogP contribution in [0.25, 0.3) is 11.2 Å². The van der Waals surface area contributed by atoms with Crippen LogP contribution in [-0.4, -0.2) is 87.4 Å². The van der Waals surface area contributed by atoms with Gasteiger partial charge < -0.3 is 46.8 Å². The average Bonchev–Trinajstić information content (AvgIpc) is 3.42. The smallest absolute Gasteiger partial charge is 0.857 e. The van der Waals surface area contributed by atoms with Gasteiger partial charge in [0.25, 0.3) is 5.91 Å². The fourth-order valence-electron chi connectivity index (χ4n) is 4.68. The van der Waals surface area contributed by atoms with E-state index in [1.54, 1.807) is 12.1 Å². The summed E-state index contributed by atoms with van der Waals surface area (Å²) in [6.07, 6.45) is -0.376. The Labute approximate surface area is 292 Å². The summed E-state index contributed by atoms with van der Waals surface area (Å²) in [5.41, 5.74) is 5.93. The van der Waals surface area contributed by atoms with E-state index < -0.39 is 60.4 Å². The van der Waals surface area contributed by atoms with E-state index >= 15 is 0 Å². The van der Waals surface area contributed by atoms with Crippen LogP contribution in [0, 0.1) is 0 Å². The van der Waals surface area contributed by atoms with Crippen LogP contribution in [0.3, 0.4) is 0 Å². The van der Waals surface area contributed by atoms with Crippen LogP contribution in [0.15, 0.2) is 47.5 Å². The summed E-state index contributed by atoms with van der Waals surface area (Å²) in [5.74, 6) is -3.60. The zero-order valence-corrected chi connectivity index (χ0v) is 27.4. The van der Waals surface area contributed by atoms with Crippen LogP contribution < -0.4 is 62.0 Å². The molecule has 0 bridgehead atoms. The molecule has 1 fully saturated rings. The molecule has 0 radical (unpaired) electrons. The summed E-state index contributed by atoms with van der Waals surface area (Å²) in [6.45, 7) is -0.236. The second kappa shape index (κ2) is 15.9. The maximum atomic E-state index is 12.8. The number of amides is 2. The number of rotatable bonds is 12. The number of carboxylic acid groups (broad SMARTS) is 1. The molecule has 1 saturated heterocycles. The van der Waals surface area contributed by atoms with E-state index in [4.69, 9.17) is 10.5 Å². The second-order valence-corrected chi connectivity index (χ2v) is 10.4. The topological polar surface area (TPSA) is 293 Å². The number of aliphatic hydroxyl groups is 2. The van der Waals surface area contributed by atoms with Crippen molar-refractivity contribution >= 4 is 46.4 Å². The van der Waals surface area contributed by atoms with Crippen LogP contribution in [0.4, 0.5) is 17.5 Å². The average molecular weight is 673 g/mol. The molecule has 246 valence electrons. The van der Waals surface area contributed by atoms with E-state index in [-0.39, 0.29) is 83.9 Å². The predicted molar refractivity (Wildman–Crippen MR) is 160 cm³/mol. The Morgan fingerprint density at radius 3 is 2.54 bits per heavy atom. The predicted octanol–water partition coefficient (Wildman–Crippen LogP) is -4.51. The first-order valence-corrected chi connectivity index (χ1v) is 14.2. The van der Waals surface area contributed by atoms with Crippen LogP contribution in [0.1, 0.15) is 41.5 Å². The fraction of sp³-hybridized carbons (Fsp3) is 0.321. The minimum absolute atomic E-state index is 0. The van der Waals surface area contributed by atoms with Crippen molar-refractivity contribution in [1.82, 2.24) is 34.8 Å². The van der Waals surface area contributed by atoms with Gasteiger partial charge in [0.05, 0.1) is 31.1 Å². The number of aliphatic hydroxyl groups excluding tert-OH is 2. The Morgan fingerprint density at radius 1 is 1.12 bits per heavy atom. The van der Waals surface area contributed by atoms with Gasteiger partial charge in [0.1, 0.15) is 29.7 Å². The standard InChI is InChI=1S/C28H30N10O9.Na/c29-27-36-23-22(25(43)37-27)32-15(11-31-23)10-30-14-3-1-13(2-4-14)24(42)33-16(26(44)45)5-6-20(41)34-19-7-8-38(28(46)35-19)21-9-17(40)18(12-39)47-21;/h1-4,7-8,11,16-18,21,30,39-40H,5-6,9-10,12H2,(H,33,42)(H,44,45)(H,34,35,41,46)(H3,29,31,36,37,43);/q;+1/p-1/t16-,17-,18+,21+;/m0./s1. The number of nitrogens with zero attached hydrogens (tertiary/aromatic N) is 6. The SMILES string of the molecule is Nc1nc([O-])c2nc(CNc3ccc(C(=O)N[C@@H](CCC(=O)Nc4ccn([C@H]5C[C@H](O)[C@@H](CO)O5)c(=O)n4)C(=O)O)cc3)cnc2n1.[Na+]. The van der Waals surface area contributed by atoms with Crippen molar-refractivity contribution < 1.29 is 69.1 Å². The molecule has 4 atom stereocenters. The minimum atomic E-state index is -1.39. The number of carboxylic acids is 1. The first-order valence-electron chi connectivity index (χ1n) is 14.2. The molecule has 20 heteroatoms. The third-order valence-electron chi connectivity index (χ3n) is 7.12. The molecule has 5 rings (SSSR count). The van der Waals surface area contributed by atoms with E-state index in [2.05, 4.69) is 40.9 Å². The Hall–Kier alpha value is -4.79. The monoisotopic (exact) mass is 672 g/mol. The Bertz CT molecular complexity index is 1860. The van der Waals surface area contributed by atoms with E-state index in [0.717, 1.165) is 4.57 Å². The van der Waals surface area contributed by atoms with Crippen molar-refractivity contribution in [2.45, 2.75) is 50.3 Å². The van der Waals surface area contributed by atoms with Gasteiger partial charge >= 0.3 is 41.2 Å². The first kappa shape index (κ1) is 36.1. The summed E-state index contributed by atoms with van der Waals surface area (Å²) in [5, 5.41) is 48.6. The van der Waals surface area contributed by atoms with Gasteiger partial charge in [-0.05, 0) is 36.8 Å². The van der Waals surface area contributed by atoms with E-state index in [9.17, 15) is 39.6 Å². The number of anilines is 3. The number of hydrogen-bond donors (Lipinski definition) is 7. The second-order valence-electron chi connectivity index (χ2n) is 10.4. The zero-order valence-electron chi connectivity index (χ0n) is 25.4. The van der Waals surface area contributed by atoms with Crippen LogP contribution in [-0.2, 0) is 20.9 Å². The summed E-state index contributed by atoms with van der Waals surface area (Å²) < 4.78 is 6.55. The van der Waals surface area contributed by atoms with Crippen molar-refractivity contribution in [3.05, 3.63) is 64.5 Å². The van der Waals surface area contributed by atoms with Gasteiger partial charge in [0.15, 0.2) is 5.65 Å². The van der Waals surface area contributed by atoms with Gasteiger partial charge in [0, 0.05) is 36.2 Å². The number of aromatic nitrogens is 6. The molecule has 19 nitrogen and oxygen atoms in total. The number of nitrogens with one attached hydrogen (secondary N) is 3. The number of fused-ring (bicyclic) bond motifs is 1. The summed E-state index contributed by atoms with van der Waals surface area (Å²) in [7, 11) is 0. The number of ether oxygens (including phenoxy) is 1. The Morgan fingerprint density at radius 2 is 1.88 bits per heavy atom. The van der Waals surface area contributed by atoms with Crippen LogP contribution in [0.2, 0.25) is 0 Å². The maximum absolute atomic E-state index is 12.8. The summed E-state index contributed by atoms with van der Waals surface area (Å²) >= 11 is 0. The number of nitrogens with two attached hydrogens (primary N) is 1. The van der Waals surface area contributed by atoms with Crippen molar-refractivity contribution in [2.24, 2.45) is 0 Å². The van der Waals surface area contributed by atoms with Crippen molar-refractivity contribution in [3.8, 4) is 5.88 Å². The number of carbonyl (C=O) groups is 3. The third kappa shape index (κ3) is 8.76. The van der Waals surface area contributed by atoms with Gasteiger partial charge in [-0.25, -0.2) is 24.5 Å². The fourth-order valence-corrected chi connectivity index (χ4v) is 4.68. The van der Waals surface area contributed by atoms with Crippen LogP contribution in [0.5, 0.6) is 5.88 Å². The normalized spacial score (nSPS) is 17.7. The largest absolute Gasteiger partial charge is 1.00 e. The number of aliphatic carboxylic acids is 1. The molecule has 0 spiro atoms. The van der Waals surface area contributed by atoms with Gasteiger partial charge in [-0.15, -0.1) is 0 Å². The van der Waals surface area contributed by atoms with Crippen molar-refractivity contribution in [3.63, 3.8) is 0 Å². The summed E-state index contributed by atoms with van der Waals surface area (Å²) in [4.78, 5) is 68.9. The van der Waals surface area contributed by atoms with Gasteiger partial charge in [0.2, 0.25) is 11.9 Å². The molecule has 3 aromatic heterocycles. The van der Waals surface area contributed by atoms with Gasteiger partial charge in [-0.2, -0.15) is 9.97 Å². The molecule has 4 aromatic rings. The molecule has 1 aliphatic heterocycles. The van der Waals surface area contributed by atoms with Crippen molar-refractivity contribution in [2.75, 3.05) is 23.0 Å². The summed E-state index contributed by atoms with van der Waals surface area (Å²) in [6, 6.07) is 6.05. The molecule has 0 saturated carbocycles. The molecule has 4 heterocycles. The molecule has 2 amide bonds. The maximum Gasteiger partial charge on any atom is 1.00 e. The molecule has 8 N–H and O–H groups in total.